The highest BCUT2D eigenvalue weighted by Gasteiger charge is 2.19. The maximum absolute atomic E-state index is 14.0. The monoisotopic (exact) mass is 480 g/mol. The van der Waals surface area contributed by atoms with E-state index in [0.29, 0.717) is 40.4 Å². The molecule has 2 N–H and O–H groups in total. The number of rotatable bonds is 4. The first-order valence-electron chi connectivity index (χ1n) is 9.28. The summed E-state index contributed by atoms with van der Waals surface area (Å²) in [6, 6.07) is 7.40. The van der Waals surface area contributed by atoms with E-state index in [1.807, 2.05) is 0 Å². The van der Waals surface area contributed by atoms with Crippen LogP contribution in [0.5, 0.6) is 11.5 Å². The predicted octanol–water partition coefficient (Wildman–Crippen LogP) is 4.89. The number of ether oxygens (including phenoxy) is 3. The van der Waals surface area contributed by atoms with Gasteiger partial charge in [-0.2, -0.15) is 0 Å². The molecule has 7 nitrogen and oxygen atoms in total. The van der Waals surface area contributed by atoms with Crippen molar-refractivity contribution in [3.05, 3.63) is 46.2 Å². The van der Waals surface area contributed by atoms with Crippen LogP contribution in [-0.2, 0) is 16.0 Å². The lowest BCUT2D eigenvalue weighted by Gasteiger charge is -2.20. The predicted molar refractivity (Wildman–Crippen MR) is 114 cm³/mol. The molecule has 1 heterocycles. The SMILES string of the molecule is CC(C)(C)OC(=O)Nc1cc(NC(=O)Cc2cc3c(cc2Br)OCCO3)ccc1F. The van der Waals surface area contributed by atoms with E-state index in [9.17, 15) is 14.0 Å². The maximum Gasteiger partial charge on any atom is 0.412 e. The lowest BCUT2D eigenvalue weighted by atomic mass is 10.1. The summed E-state index contributed by atoms with van der Waals surface area (Å²) in [5, 5.41) is 5.04. The summed E-state index contributed by atoms with van der Waals surface area (Å²) in [5.41, 5.74) is 0.235. The summed E-state index contributed by atoms with van der Waals surface area (Å²) < 4.78 is 30.9. The topological polar surface area (TPSA) is 85.9 Å². The van der Waals surface area contributed by atoms with Crippen LogP contribution in [0, 0.1) is 5.82 Å². The Morgan fingerprint density at radius 1 is 1.10 bits per heavy atom. The molecule has 0 aromatic heterocycles. The van der Waals surface area contributed by atoms with Crippen LogP contribution in [0.2, 0.25) is 0 Å². The van der Waals surface area contributed by atoms with Gasteiger partial charge < -0.3 is 19.5 Å². The van der Waals surface area contributed by atoms with Crippen LogP contribution in [0.25, 0.3) is 0 Å². The third-order valence-corrected chi connectivity index (χ3v) is 4.69. The molecular formula is C21H22BrFN2O5. The van der Waals surface area contributed by atoms with Gasteiger partial charge in [0.2, 0.25) is 5.91 Å². The third kappa shape index (κ3) is 5.85. The van der Waals surface area contributed by atoms with Crippen molar-refractivity contribution in [1.82, 2.24) is 0 Å². The molecule has 160 valence electrons. The Morgan fingerprint density at radius 3 is 2.43 bits per heavy atom. The van der Waals surface area contributed by atoms with E-state index in [4.69, 9.17) is 14.2 Å². The standard InChI is InChI=1S/C21H22BrFN2O5/c1-21(2,3)30-20(27)25-16-10-13(4-5-15(16)23)24-19(26)9-12-8-17-18(11-14(12)22)29-7-6-28-17/h4-5,8,10-11H,6-7,9H2,1-3H3,(H,24,26)(H,25,27). The zero-order chi connectivity index (χ0) is 21.9. The van der Waals surface area contributed by atoms with E-state index < -0.39 is 17.5 Å². The first-order chi connectivity index (χ1) is 14.1. The van der Waals surface area contributed by atoms with Crippen LogP contribution in [0.3, 0.4) is 0 Å². The summed E-state index contributed by atoms with van der Waals surface area (Å²) in [6.07, 6.45) is -0.728. The summed E-state index contributed by atoms with van der Waals surface area (Å²) >= 11 is 3.43. The smallest absolute Gasteiger partial charge is 0.412 e. The highest BCUT2D eigenvalue weighted by molar-refractivity contribution is 9.10. The number of anilines is 2. The van der Waals surface area contributed by atoms with Gasteiger partial charge in [0.25, 0.3) is 0 Å². The molecule has 2 aromatic carbocycles. The molecule has 0 aliphatic carbocycles. The van der Waals surface area contributed by atoms with Crippen LogP contribution in [0.1, 0.15) is 26.3 Å². The van der Waals surface area contributed by atoms with Gasteiger partial charge in [0.05, 0.1) is 12.1 Å². The molecule has 2 aromatic rings. The molecule has 0 radical (unpaired) electrons. The van der Waals surface area contributed by atoms with Gasteiger partial charge in [-0.3, -0.25) is 10.1 Å². The molecule has 3 rings (SSSR count). The highest BCUT2D eigenvalue weighted by atomic mass is 79.9. The van der Waals surface area contributed by atoms with Crippen LogP contribution in [-0.4, -0.2) is 30.8 Å². The van der Waals surface area contributed by atoms with Gasteiger partial charge in [0.1, 0.15) is 24.6 Å². The molecule has 0 saturated carbocycles. The molecular weight excluding hydrogens is 459 g/mol. The largest absolute Gasteiger partial charge is 0.486 e. The van der Waals surface area contributed by atoms with Crippen molar-refractivity contribution in [3.8, 4) is 11.5 Å². The number of benzene rings is 2. The first-order valence-corrected chi connectivity index (χ1v) is 10.1. The third-order valence-electron chi connectivity index (χ3n) is 3.95. The average molecular weight is 481 g/mol. The molecule has 9 heteroatoms. The van der Waals surface area contributed by atoms with Crippen molar-refractivity contribution in [3.63, 3.8) is 0 Å². The summed E-state index contributed by atoms with van der Waals surface area (Å²) in [6.45, 7) is 6.04. The molecule has 30 heavy (non-hydrogen) atoms. The Balaban J connectivity index is 1.68. The van der Waals surface area contributed by atoms with Gasteiger partial charge in [-0.25, -0.2) is 9.18 Å². The first kappa shape index (κ1) is 21.9. The van der Waals surface area contributed by atoms with Gasteiger partial charge >= 0.3 is 6.09 Å². The van der Waals surface area contributed by atoms with Crippen molar-refractivity contribution in [1.29, 1.82) is 0 Å². The van der Waals surface area contributed by atoms with Crippen LogP contribution in [0.15, 0.2) is 34.8 Å². The van der Waals surface area contributed by atoms with Gasteiger partial charge in [-0.05, 0) is 56.7 Å². The van der Waals surface area contributed by atoms with Crippen molar-refractivity contribution < 1.29 is 28.2 Å². The molecule has 0 bridgehead atoms. The van der Waals surface area contributed by atoms with E-state index >= 15 is 0 Å². The van der Waals surface area contributed by atoms with Gasteiger partial charge in [0.15, 0.2) is 11.5 Å². The molecule has 2 amide bonds. The number of fused-ring (bicyclic) bond motifs is 1. The molecule has 0 saturated heterocycles. The Morgan fingerprint density at radius 2 is 1.77 bits per heavy atom. The number of hydrogen-bond donors (Lipinski definition) is 2. The summed E-state index contributed by atoms with van der Waals surface area (Å²) in [5.74, 6) is 0.238. The van der Waals surface area contributed by atoms with Crippen molar-refractivity contribution in [2.75, 3.05) is 23.8 Å². The minimum Gasteiger partial charge on any atom is -0.486 e. The second-order valence-corrected chi connectivity index (χ2v) is 8.49. The number of amides is 2. The molecule has 1 aliphatic heterocycles. The lowest BCUT2D eigenvalue weighted by Crippen LogP contribution is -2.27. The molecule has 0 unspecified atom stereocenters. The van der Waals surface area contributed by atoms with Gasteiger partial charge in [-0.1, -0.05) is 15.9 Å². The van der Waals surface area contributed by atoms with Crippen molar-refractivity contribution in [2.24, 2.45) is 0 Å². The van der Waals surface area contributed by atoms with Gasteiger partial charge in [-0.15, -0.1) is 0 Å². The Labute approximate surface area is 182 Å². The van der Waals surface area contributed by atoms with Crippen LogP contribution < -0.4 is 20.1 Å². The van der Waals surface area contributed by atoms with E-state index in [1.54, 1.807) is 32.9 Å². The molecule has 0 fully saturated rings. The number of carbonyl (C=O) groups is 2. The minimum absolute atomic E-state index is 0.0590. The number of halogens is 2. The van der Waals surface area contributed by atoms with E-state index in [1.165, 1.54) is 12.1 Å². The fraction of sp³-hybridized carbons (Fsp3) is 0.333. The average Bonchev–Trinajstić information content (AvgIpc) is 2.63. The summed E-state index contributed by atoms with van der Waals surface area (Å²) in [7, 11) is 0. The highest BCUT2D eigenvalue weighted by Crippen LogP contribution is 2.35. The fourth-order valence-corrected chi connectivity index (χ4v) is 3.19. The van der Waals surface area contributed by atoms with Crippen molar-refractivity contribution >= 4 is 39.3 Å². The zero-order valence-corrected chi connectivity index (χ0v) is 18.4. The zero-order valence-electron chi connectivity index (χ0n) is 16.8. The van der Waals surface area contributed by atoms with Crippen LogP contribution in [0.4, 0.5) is 20.6 Å². The number of nitrogens with one attached hydrogen (secondary N) is 2. The van der Waals surface area contributed by atoms with Gasteiger partial charge in [0, 0.05) is 10.2 Å². The molecule has 0 spiro atoms. The molecule has 0 atom stereocenters. The number of carbonyl (C=O) groups excluding carboxylic acids is 2. The quantitative estimate of drug-likeness (QED) is 0.650. The summed E-state index contributed by atoms with van der Waals surface area (Å²) in [4.78, 5) is 24.4. The number of hydrogen-bond acceptors (Lipinski definition) is 5. The maximum atomic E-state index is 14.0. The lowest BCUT2D eigenvalue weighted by molar-refractivity contribution is -0.115. The minimum atomic E-state index is -0.787. The second-order valence-electron chi connectivity index (χ2n) is 7.63. The normalized spacial score (nSPS) is 12.8. The molecule has 1 aliphatic rings. The Hall–Kier alpha value is -2.81. The fourth-order valence-electron chi connectivity index (χ4n) is 2.73. The van der Waals surface area contributed by atoms with E-state index in [0.717, 1.165) is 6.07 Å². The van der Waals surface area contributed by atoms with E-state index in [-0.39, 0.29) is 18.0 Å². The van der Waals surface area contributed by atoms with Crippen molar-refractivity contribution in [2.45, 2.75) is 32.8 Å². The Kier molecular flexibility index (Phi) is 6.50. The Bertz CT molecular complexity index is 975. The second kappa shape index (κ2) is 8.91. The van der Waals surface area contributed by atoms with Crippen LogP contribution >= 0.6 is 15.9 Å². The van der Waals surface area contributed by atoms with E-state index in [2.05, 4.69) is 26.6 Å².